The van der Waals surface area contributed by atoms with E-state index >= 15 is 0 Å². The lowest BCUT2D eigenvalue weighted by Crippen LogP contribution is -2.33. The molecule has 0 bridgehead atoms. The van der Waals surface area contributed by atoms with E-state index < -0.39 is 49.7 Å². The van der Waals surface area contributed by atoms with Crippen molar-refractivity contribution in [1.29, 1.82) is 0 Å². The monoisotopic (exact) mass is 480 g/mol. The number of para-hydroxylation sites is 1. The maximum Gasteiger partial charge on any atom is 0.527 e. The Bertz CT molecular complexity index is 1420. The SMILES string of the molecule is Cc1cn([C@H]2C[C@H](O)[C@@H](COP(=O)(O)Oc3cccc4c(C)cc(=O)oc34)O2)c(=O)[nH]c1=O. The maximum atomic E-state index is 12.5. The Balaban J connectivity index is 1.47. The summed E-state index contributed by atoms with van der Waals surface area (Å²) in [5, 5.41) is 10.8. The minimum Gasteiger partial charge on any atom is -0.419 e. The summed E-state index contributed by atoms with van der Waals surface area (Å²) in [6, 6.07) is 5.85. The van der Waals surface area contributed by atoms with Crippen LogP contribution in [0.1, 0.15) is 23.8 Å². The summed E-state index contributed by atoms with van der Waals surface area (Å²) in [6.45, 7) is 2.66. The number of fused-ring (bicyclic) bond motifs is 1. The Morgan fingerprint density at radius 2 is 2.00 bits per heavy atom. The van der Waals surface area contributed by atoms with E-state index in [0.717, 1.165) is 4.57 Å². The van der Waals surface area contributed by atoms with E-state index in [1.54, 1.807) is 19.1 Å². The van der Waals surface area contributed by atoms with Gasteiger partial charge < -0.3 is 18.8 Å². The molecule has 176 valence electrons. The molecule has 1 aliphatic rings. The largest absolute Gasteiger partial charge is 0.527 e. The lowest BCUT2D eigenvalue weighted by molar-refractivity contribution is -0.0447. The summed E-state index contributed by atoms with van der Waals surface area (Å²) in [5.41, 5.74) is -1.03. The number of aromatic nitrogens is 2. The minimum absolute atomic E-state index is 0.00888. The summed E-state index contributed by atoms with van der Waals surface area (Å²) in [4.78, 5) is 47.6. The van der Waals surface area contributed by atoms with Crippen molar-refractivity contribution in [2.75, 3.05) is 6.61 Å². The van der Waals surface area contributed by atoms with Crippen molar-refractivity contribution in [3.05, 3.63) is 72.8 Å². The van der Waals surface area contributed by atoms with Gasteiger partial charge in [-0.15, -0.1) is 0 Å². The Kier molecular flexibility index (Phi) is 6.12. The molecule has 0 saturated carbocycles. The van der Waals surface area contributed by atoms with Crippen molar-refractivity contribution in [2.24, 2.45) is 0 Å². The van der Waals surface area contributed by atoms with Gasteiger partial charge in [-0.1, -0.05) is 12.1 Å². The number of H-pyrrole nitrogens is 1. The first-order valence-electron chi connectivity index (χ1n) is 9.90. The third-order valence-corrected chi connectivity index (χ3v) is 6.12. The highest BCUT2D eigenvalue weighted by atomic mass is 31.2. The smallest absolute Gasteiger partial charge is 0.419 e. The van der Waals surface area contributed by atoms with Gasteiger partial charge in [-0.05, 0) is 25.5 Å². The predicted molar refractivity (Wildman–Crippen MR) is 114 cm³/mol. The second-order valence-electron chi connectivity index (χ2n) is 7.65. The van der Waals surface area contributed by atoms with Crippen LogP contribution in [0.3, 0.4) is 0 Å². The summed E-state index contributed by atoms with van der Waals surface area (Å²) in [7, 11) is -4.71. The Morgan fingerprint density at radius 3 is 2.76 bits per heavy atom. The van der Waals surface area contributed by atoms with Gasteiger partial charge in [-0.25, -0.2) is 14.2 Å². The Hall–Kier alpha value is -3.02. The zero-order valence-electron chi connectivity index (χ0n) is 17.6. The van der Waals surface area contributed by atoms with Gasteiger partial charge in [0, 0.05) is 29.6 Å². The van der Waals surface area contributed by atoms with Crippen molar-refractivity contribution in [3.63, 3.8) is 0 Å². The quantitative estimate of drug-likeness (QED) is 0.343. The van der Waals surface area contributed by atoms with E-state index in [4.69, 9.17) is 18.2 Å². The molecule has 4 rings (SSSR count). The summed E-state index contributed by atoms with van der Waals surface area (Å²) in [6.07, 6.45) is -1.79. The number of aryl methyl sites for hydroxylation is 2. The molecule has 2 aromatic heterocycles. The molecule has 1 aromatic carbocycles. The molecule has 1 unspecified atom stereocenters. The number of aliphatic hydroxyl groups excluding tert-OH is 1. The molecule has 3 N–H and O–H groups in total. The van der Waals surface area contributed by atoms with Gasteiger partial charge >= 0.3 is 19.1 Å². The normalized spacial score (nSPS) is 22.4. The summed E-state index contributed by atoms with van der Waals surface area (Å²) in [5.74, 6) is -0.167. The number of phosphoric ester groups is 1. The number of phosphoric acid groups is 1. The molecular weight excluding hydrogens is 459 g/mol. The van der Waals surface area contributed by atoms with Crippen LogP contribution >= 0.6 is 7.82 Å². The van der Waals surface area contributed by atoms with Crippen molar-refractivity contribution in [2.45, 2.75) is 38.7 Å². The number of rotatable bonds is 6. The molecule has 1 aliphatic heterocycles. The molecule has 0 amide bonds. The average molecular weight is 480 g/mol. The second kappa shape index (κ2) is 8.73. The molecule has 0 spiro atoms. The third kappa shape index (κ3) is 4.85. The Labute approximate surface area is 185 Å². The second-order valence-corrected chi connectivity index (χ2v) is 9.03. The van der Waals surface area contributed by atoms with Gasteiger partial charge in [0.1, 0.15) is 12.3 Å². The van der Waals surface area contributed by atoms with Crippen molar-refractivity contribution >= 4 is 18.8 Å². The van der Waals surface area contributed by atoms with E-state index in [2.05, 4.69) is 4.98 Å². The molecular formula is C20H21N2O10P. The Morgan fingerprint density at radius 1 is 1.24 bits per heavy atom. The van der Waals surface area contributed by atoms with E-state index in [1.165, 1.54) is 25.3 Å². The number of benzene rings is 1. The highest BCUT2D eigenvalue weighted by Gasteiger charge is 2.38. The van der Waals surface area contributed by atoms with Crippen LogP contribution in [0.15, 0.2) is 49.3 Å². The van der Waals surface area contributed by atoms with E-state index in [-0.39, 0.29) is 23.3 Å². The van der Waals surface area contributed by atoms with Crippen LogP contribution in [0.5, 0.6) is 5.75 Å². The van der Waals surface area contributed by atoms with Crippen LogP contribution in [-0.2, 0) is 13.8 Å². The molecule has 1 fully saturated rings. The van der Waals surface area contributed by atoms with Crippen LogP contribution in [0.25, 0.3) is 11.0 Å². The molecule has 33 heavy (non-hydrogen) atoms. The lowest BCUT2D eigenvalue weighted by Gasteiger charge is -2.19. The van der Waals surface area contributed by atoms with Crippen LogP contribution in [0.2, 0.25) is 0 Å². The van der Waals surface area contributed by atoms with E-state index in [9.17, 15) is 28.9 Å². The fraction of sp³-hybridized carbons (Fsp3) is 0.350. The van der Waals surface area contributed by atoms with Gasteiger partial charge in [0.25, 0.3) is 5.56 Å². The van der Waals surface area contributed by atoms with Gasteiger partial charge in [0.05, 0.1) is 12.7 Å². The molecule has 0 radical (unpaired) electrons. The topological polar surface area (TPSA) is 170 Å². The number of hydrogen-bond acceptors (Lipinski definition) is 9. The number of aromatic amines is 1. The van der Waals surface area contributed by atoms with Gasteiger partial charge in [-0.2, -0.15) is 0 Å². The fourth-order valence-corrected chi connectivity index (χ4v) is 4.32. The van der Waals surface area contributed by atoms with Crippen LogP contribution in [-0.4, -0.2) is 38.4 Å². The first kappa shape index (κ1) is 23.1. The maximum absolute atomic E-state index is 12.5. The average Bonchev–Trinajstić information content (AvgIpc) is 3.10. The molecule has 13 heteroatoms. The third-order valence-electron chi connectivity index (χ3n) is 5.22. The molecule has 0 aliphatic carbocycles. The molecule has 1 saturated heterocycles. The predicted octanol–water partition coefficient (Wildman–Crippen LogP) is 1.10. The summed E-state index contributed by atoms with van der Waals surface area (Å²) >= 11 is 0. The molecule has 3 aromatic rings. The van der Waals surface area contributed by atoms with E-state index in [1.807, 2.05) is 0 Å². The van der Waals surface area contributed by atoms with E-state index in [0.29, 0.717) is 10.9 Å². The molecule has 12 nitrogen and oxygen atoms in total. The summed E-state index contributed by atoms with van der Waals surface area (Å²) < 4.78 is 34.4. The zero-order chi connectivity index (χ0) is 23.9. The van der Waals surface area contributed by atoms with Crippen LogP contribution in [0, 0.1) is 13.8 Å². The minimum atomic E-state index is -4.71. The van der Waals surface area contributed by atoms with Crippen molar-refractivity contribution in [1.82, 2.24) is 9.55 Å². The van der Waals surface area contributed by atoms with Gasteiger partial charge in [-0.3, -0.25) is 23.8 Å². The highest BCUT2D eigenvalue weighted by molar-refractivity contribution is 7.47. The number of nitrogens with zero attached hydrogens (tertiary/aromatic N) is 1. The van der Waals surface area contributed by atoms with Gasteiger partial charge in [0.2, 0.25) is 0 Å². The standard InChI is InChI=1S/C20H21N2O10P/c1-10-6-17(24)31-18-12(10)4-3-5-14(18)32-33(27,28)29-9-15-13(23)7-16(30-15)22-8-11(2)19(25)21-20(22)26/h3-6,8,13,15-16,23H,7,9H2,1-2H3,(H,27,28)(H,21,25,26)/t13-,15+,16+/m0/s1. The number of nitrogens with one attached hydrogen (secondary N) is 1. The zero-order valence-corrected chi connectivity index (χ0v) is 18.5. The van der Waals surface area contributed by atoms with Crippen molar-refractivity contribution in [3.8, 4) is 5.75 Å². The first-order chi connectivity index (χ1) is 15.5. The van der Waals surface area contributed by atoms with Crippen molar-refractivity contribution < 1.29 is 32.8 Å². The van der Waals surface area contributed by atoms with Crippen LogP contribution in [0.4, 0.5) is 0 Å². The molecule has 3 heterocycles. The fourth-order valence-electron chi connectivity index (χ4n) is 3.54. The number of aliphatic hydroxyl groups is 1. The van der Waals surface area contributed by atoms with Crippen LogP contribution < -0.4 is 21.4 Å². The van der Waals surface area contributed by atoms with Gasteiger partial charge in [0.15, 0.2) is 11.3 Å². The number of ether oxygens (including phenoxy) is 1. The number of hydrogen-bond donors (Lipinski definition) is 3. The first-order valence-corrected chi connectivity index (χ1v) is 11.4. The highest BCUT2D eigenvalue weighted by Crippen LogP contribution is 2.46. The molecule has 4 atom stereocenters. The lowest BCUT2D eigenvalue weighted by atomic mass is 10.1.